The highest BCUT2D eigenvalue weighted by Gasteiger charge is 2.36. The van der Waals surface area contributed by atoms with Crippen molar-refractivity contribution in [3.05, 3.63) is 0 Å². The van der Waals surface area contributed by atoms with Gasteiger partial charge in [-0.15, -0.1) is 0 Å². The molecule has 2 atom stereocenters. The molecule has 1 rings (SSSR count). The standard InChI is InChI=1S/C14H30N2/c1-11-9-16(12(2)8-15-11)14(6,7)10-13(3,4)5/h11-12,15H,8-10H2,1-7H3. The van der Waals surface area contributed by atoms with Gasteiger partial charge in [0.15, 0.2) is 0 Å². The van der Waals surface area contributed by atoms with Crippen LogP contribution in [-0.2, 0) is 0 Å². The molecule has 2 nitrogen and oxygen atoms in total. The molecule has 1 aliphatic heterocycles. The van der Waals surface area contributed by atoms with Crippen molar-refractivity contribution < 1.29 is 0 Å². The third-order valence-corrected chi connectivity index (χ3v) is 3.50. The summed E-state index contributed by atoms with van der Waals surface area (Å²) >= 11 is 0. The van der Waals surface area contributed by atoms with E-state index >= 15 is 0 Å². The molecule has 1 aliphatic rings. The molecule has 0 saturated carbocycles. The number of nitrogens with zero attached hydrogens (tertiary/aromatic N) is 1. The zero-order valence-corrected chi connectivity index (χ0v) is 12.2. The maximum absolute atomic E-state index is 3.55. The molecule has 0 bridgehead atoms. The molecule has 0 spiro atoms. The van der Waals surface area contributed by atoms with Crippen LogP contribution < -0.4 is 5.32 Å². The summed E-state index contributed by atoms with van der Waals surface area (Å²) in [6.07, 6.45) is 1.25. The number of rotatable bonds is 2. The first kappa shape index (κ1) is 14.0. The number of nitrogens with one attached hydrogen (secondary N) is 1. The van der Waals surface area contributed by atoms with Crippen molar-refractivity contribution in [2.45, 2.75) is 72.5 Å². The van der Waals surface area contributed by atoms with Crippen LogP contribution in [0.3, 0.4) is 0 Å². The highest BCUT2D eigenvalue weighted by molar-refractivity contribution is 4.93. The summed E-state index contributed by atoms with van der Waals surface area (Å²) in [4.78, 5) is 2.68. The van der Waals surface area contributed by atoms with Crippen LogP contribution in [-0.4, -0.2) is 35.6 Å². The van der Waals surface area contributed by atoms with E-state index in [0.29, 0.717) is 23.0 Å². The predicted octanol–water partition coefficient (Wildman–Crippen LogP) is 2.88. The highest BCUT2D eigenvalue weighted by Crippen LogP contribution is 2.33. The van der Waals surface area contributed by atoms with Gasteiger partial charge in [0.25, 0.3) is 0 Å². The van der Waals surface area contributed by atoms with Crippen molar-refractivity contribution in [1.82, 2.24) is 10.2 Å². The van der Waals surface area contributed by atoms with Crippen LogP contribution in [0.25, 0.3) is 0 Å². The summed E-state index contributed by atoms with van der Waals surface area (Å²) in [5.41, 5.74) is 0.700. The second-order valence-electron chi connectivity index (χ2n) is 7.36. The van der Waals surface area contributed by atoms with Crippen molar-refractivity contribution in [2.24, 2.45) is 5.41 Å². The molecule has 0 aromatic rings. The lowest BCUT2D eigenvalue weighted by molar-refractivity contribution is 0.0160. The van der Waals surface area contributed by atoms with Gasteiger partial charge >= 0.3 is 0 Å². The van der Waals surface area contributed by atoms with Gasteiger partial charge in [0.2, 0.25) is 0 Å². The van der Waals surface area contributed by atoms with Crippen LogP contribution in [0.2, 0.25) is 0 Å². The molecular weight excluding hydrogens is 196 g/mol. The summed E-state index contributed by atoms with van der Waals surface area (Å²) in [5, 5.41) is 3.55. The normalized spacial score (nSPS) is 29.4. The van der Waals surface area contributed by atoms with Crippen LogP contribution >= 0.6 is 0 Å². The molecule has 2 heteroatoms. The molecule has 2 unspecified atom stereocenters. The van der Waals surface area contributed by atoms with Gasteiger partial charge in [-0.25, -0.2) is 0 Å². The largest absolute Gasteiger partial charge is 0.311 e. The van der Waals surface area contributed by atoms with Crippen LogP contribution in [0.5, 0.6) is 0 Å². The van der Waals surface area contributed by atoms with Crippen molar-refractivity contribution in [3.8, 4) is 0 Å². The summed E-state index contributed by atoms with van der Waals surface area (Å²) in [7, 11) is 0. The maximum atomic E-state index is 3.55. The molecule has 16 heavy (non-hydrogen) atoms. The summed E-state index contributed by atoms with van der Waals surface area (Å²) < 4.78 is 0. The van der Waals surface area contributed by atoms with Crippen molar-refractivity contribution in [2.75, 3.05) is 13.1 Å². The van der Waals surface area contributed by atoms with Crippen LogP contribution in [0.1, 0.15) is 54.9 Å². The SMILES string of the molecule is CC1CN(C(C)(C)CC(C)(C)C)C(C)CN1. The molecule has 0 aromatic carbocycles. The number of hydrogen-bond acceptors (Lipinski definition) is 2. The molecule has 1 N–H and O–H groups in total. The quantitative estimate of drug-likeness (QED) is 0.779. The van der Waals surface area contributed by atoms with Crippen molar-refractivity contribution >= 4 is 0 Å². The molecule has 0 amide bonds. The Hall–Kier alpha value is -0.0800. The Labute approximate surface area is 102 Å². The highest BCUT2D eigenvalue weighted by atomic mass is 15.3. The monoisotopic (exact) mass is 226 g/mol. The van der Waals surface area contributed by atoms with E-state index < -0.39 is 0 Å². The van der Waals surface area contributed by atoms with E-state index in [0.717, 1.165) is 6.54 Å². The molecule has 96 valence electrons. The second kappa shape index (κ2) is 4.66. The van der Waals surface area contributed by atoms with Gasteiger partial charge < -0.3 is 5.32 Å². The minimum Gasteiger partial charge on any atom is -0.311 e. The zero-order chi connectivity index (χ0) is 12.6. The van der Waals surface area contributed by atoms with E-state index in [1.54, 1.807) is 0 Å². The van der Waals surface area contributed by atoms with E-state index in [1.165, 1.54) is 13.0 Å². The lowest BCUT2D eigenvalue weighted by Crippen LogP contribution is -2.61. The minimum atomic E-state index is 0.300. The molecule has 1 heterocycles. The van der Waals surface area contributed by atoms with Gasteiger partial charge in [-0.1, -0.05) is 20.8 Å². The first-order valence-corrected chi connectivity index (χ1v) is 6.62. The Bertz CT molecular complexity index is 227. The Balaban J connectivity index is 2.72. The summed E-state index contributed by atoms with van der Waals surface area (Å²) in [6.45, 7) is 18.7. The summed E-state index contributed by atoms with van der Waals surface area (Å²) in [5.74, 6) is 0. The smallest absolute Gasteiger partial charge is 0.0198 e. The molecular formula is C14H30N2. The molecule has 1 fully saturated rings. The van der Waals surface area contributed by atoms with Crippen molar-refractivity contribution in [1.29, 1.82) is 0 Å². The van der Waals surface area contributed by atoms with E-state index in [4.69, 9.17) is 0 Å². The number of hydrogen-bond donors (Lipinski definition) is 1. The second-order valence-corrected chi connectivity index (χ2v) is 7.36. The van der Waals surface area contributed by atoms with E-state index in [9.17, 15) is 0 Å². The first-order valence-electron chi connectivity index (χ1n) is 6.62. The summed E-state index contributed by atoms with van der Waals surface area (Å²) in [6, 6.07) is 1.27. The fourth-order valence-corrected chi connectivity index (χ4v) is 3.26. The van der Waals surface area contributed by atoms with E-state index in [-0.39, 0.29) is 0 Å². The van der Waals surface area contributed by atoms with E-state index in [1.807, 2.05) is 0 Å². The Kier molecular flexibility index (Phi) is 4.07. The third kappa shape index (κ3) is 3.74. The fourth-order valence-electron chi connectivity index (χ4n) is 3.26. The van der Waals surface area contributed by atoms with E-state index in [2.05, 4.69) is 58.7 Å². The number of piperazine rings is 1. The zero-order valence-electron chi connectivity index (χ0n) is 12.2. The van der Waals surface area contributed by atoms with Gasteiger partial charge in [-0.3, -0.25) is 4.90 Å². The molecule has 0 radical (unpaired) electrons. The topological polar surface area (TPSA) is 15.3 Å². The maximum Gasteiger partial charge on any atom is 0.0198 e. The van der Waals surface area contributed by atoms with Crippen LogP contribution in [0.15, 0.2) is 0 Å². The Morgan fingerprint density at radius 3 is 2.19 bits per heavy atom. The van der Waals surface area contributed by atoms with Crippen LogP contribution in [0, 0.1) is 5.41 Å². The lowest BCUT2D eigenvalue weighted by atomic mass is 9.80. The third-order valence-electron chi connectivity index (χ3n) is 3.50. The van der Waals surface area contributed by atoms with Crippen molar-refractivity contribution in [3.63, 3.8) is 0 Å². The Morgan fingerprint density at radius 2 is 1.69 bits per heavy atom. The fraction of sp³-hybridized carbons (Fsp3) is 1.00. The first-order chi connectivity index (χ1) is 7.12. The molecule has 0 aromatic heterocycles. The lowest BCUT2D eigenvalue weighted by Gasteiger charge is -2.49. The molecule has 1 saturated heterocycles. The van der Waals surface area contributed by atoms with Gasteiger partial charge in [0.1, 0.15) is 0 Å². The van der Waals surface area contributed by atoms with Gasteiger partial charge in [-0.05, 0) is 39.5 Å². The minimum absolute atomic E-state index is 0.300. The average molecular weight is 226 g/mol. The van der Waals surface area contributed by atoms with Crippen LogP contribution in [0.4, 0.5) is 0 Å². The van der Waals surface area contributed by atoms with Gasteiger partial charge in [0.05, 0.1) is 0 Å². The molecule has 0 aliphatic carbocycles. The average Bonchev–Trinajstić information content (AvgIpc) is 2.04. The predicted molar refractivity (Wildman–Crippen MR) is 71.8 cm³/mol. The van der Waals surface area contributed by atoms with Gasteiger partial charge in [0, 0.05) is 30.7 Å². The Morgan fingerprint density at radius 1 is 1.12 bits per heavy atom. The van der Waals surface area contributed by atoms with Gasteiger partial charge in [-0.2, -0.15) is 0 Å².